The first-order valence-electron chi connectivity index (χ1n) is 23.5. The van der Waals surface area contributed by atoms with Crippen LogP contribution in [0.25, 0.3) is 22.0 Å². The summed E-state index contributed by atoms with van der Waals surface area (Å²) < 4.78 is 0. The Morgan fingerprint density at radius 2 is 1.62 bits per heavy atom. The first-order valence-corrected chi connectivity index (χ1v) is 24.7. The van der Waals surface area contributed by atoms with Crippen LogP contribution >= 0.6 is 23.4 Å². The molecular weight excluding hydrogens is 870 g/mol. The van der Waals surface area contributed by atoms with Gasteiger partial charge in [0.2, 0.25) is 17.7 Å². The van der Waals surface area contributed by atoms with Crippen molar-refractivity contribution >= 4 is 57.8 Å². The number of nitrogens with two attached hydrogens (primary N) is 1. The number of piperazine rings is 1. The van der Waals surface area contributed by atoms with Crippen molar-refractivity contribution in [1.29, 1.82) is 0 Å². The van der Waals surface area contributed by atoms with Gasteiger partial charge in [-0.15, -0.1) is 0 Å². The van der Waals surface area contributed by atoms with Crippen molar-refractivity contribution in [3.05, 3.63) is 101 Å². The molecule has 66 heavy (non-hydrogen) atoms. The van der Waals surface area contributed by atoms with Gasteiger partial charge in [0.1, 0.15) is 22.9 Å². The van der Waals surface area contributed by atoms with Gasteiger partial charge in [0.25, 0.3) is 0 Å². The molecule has 2 aliphatic heterocycles. The summed E-state index contributed by atoms with van der Waals surface area (Å²) in [6.07, 6.45) is 8.77. The Labute approximate surface area is 398 Å². The summed E-state index contributed by atoms with van der Waals surface area (Å²) in [5, 5.41) is 12.2. The van der Waals surface area contributed by atoms with Crippen molar-refractivity contribution in [2.45, 2.75) is 93.5 Å². The molecule has 0 radical (unpaired) electrons. The number of rotatable bonds is 14. The summed E-state index contributed by atoms with van der Waals surface area (Å²) >= 11 is 8.78. The fraction of sp³-hybridized carbons (Fsp3) is 0.460. The number of amides is 3. The number of unbranched alkanes of at least 4 members (excludes halogenated alkanes) is 1. The van der Waals surface area contributed by atoms with Gasteiger partial charge in [-0.2, -0.15) is 0 Å². The van der Waals surface area contributed by atoms with Crippen molar-refractivity contribution in [2.75, 3.05) is 71.4 Å². The molecule has 5 aromatic rings. The number of nitrogens with one attached hydrogen (secondary N) is 4. The third-order valence-corrected chi connectivity index (χ3v) is 14.7. The Morgan fingerprint density at radius 3 is 2.41 bits per heavy atom. The van der Waals surface area contributed by atoms with E-state index < -0.39 is 18.1 Å². The van der Waals surface area contributed by atoms with Crippen molar-refractivity contribution in [2.24, 2.45) is 5.73 Å². The van der Waals surface area contributed by atoms with Crippen LogP contribution in [0.5, 0.6) is 0 Å². The van der Waals surface area contributed by atoms with Gasteiger partial charge in [-0.1, -0.05) is 61.5 Å². The highest BCUT2D eigenvalue weighted by Crippen LogP contribution is 2.40. The van der Waals surface area contributed by atoms with Gasteiger partial charge >= 0.3 is 0 Å². The standard InChI is InChI=1S/C50H66ClN11O3S/c1-5-61(6-2)22-12-17-42-47(63)58-43(16-9-10-19-52)50(65)60(4)44(29-37-32-55-41-15-8-7-14-39(37)41)48(64)57-33-38-27-36(34-18-21-53-45(30-34)62-25-23-59(3)24-26-62)28-40(51)46(38)66-49-35(31-56-42)13-11-20-54-49/h7-8,11,13-15,18,20-21,27-28,30,32,42-44,55-56H,5-6,9-10,12,16-17,19,22-26,29,31,33,52H2,1-4H3,(H,57,64)(H,58,63)/t42-,43-,44-/m0/s1. The Morgan fingerprint density at radius 1 is 0.833 bits per heavy atom. The van der Waals surface area contributed by atoms with Crippen molar-refractivity contribution < 1.29 is 14.4 Å². The maximum absolute atomic E-state index is 14.9. The molecule has 14 nitrogen and oxygen atoms in total. The number of nitrogens with zero attached hydrogens (tertiary/aromatic N) is 6. The molecule has 0 aliphatic carbocycles. The van der Waals surface area contributed by atoms with Crippen LogP contribution < -0.4 is 26.6 Å². The van der Waals surface area contributed by atoms with Gasteiger partial charge in [0.15, 0.2) is 0 Å². The molecule has 1 fully saturated rings. The van der Waals surface area contributed by atoms with E-state index in [0.29, 0.717) is 43.8 Å². The van der Waals surface area contributed by atoms with Crippen LogP contribution in [0, 0.1) is 0 Å². The first-order chi connectivity index (χ1) is 32.1. The van der Waals surface area contributed by atoms with E-state index >= 15 is 0 Å². The number of aromatic nitrogens is 3. The van der Waals surface area contributed by atoms with E-state index in [4.69, 9.17) is 27.3 Å². The number of carbonyl (C=O) groups is 3. The molecule has 0 bridgehead atoms. The molecule has 3 amide bonds. The maximum Gasteiger partial charge on any atom is 0.245 e. The van der Waals surface area contributed by atoms with Crippen LogP contribution in [0.1, 0.15) is 62.6 Å². The quantitative estimate of drug-likeness (QED) is 0.0820. The van der Waals surface area contributed by atoms with Crippen LogP contribution in [0.2, 0.25) is 5.02 Å². The summed E-state index contributed by atoms with van der Waals surface area (Å²) in [6.45, 7) is 11.6. The molecule has 6 N–H and O–H groups in total. The van der Waals surface area contributed by atoms with Crippen molar-refractivity contribution in [1.82, 2.24) is 45.6 Å². The molecule has 0 spiro atoms. The molecule has 1 saturated heterocycles. The van der Waals surface area contributed by atoms with Gasteiger partial charge in [0, 0.05) is 87.1 Å². The van der Waals surface area contributed by atoms with Gasteiger partial charge in [-0.25, -0.2) is 9.97 Å². The SMILES string of the molecule is CCN(CC)CCC[C@@H]1NCc2cccnc2Sc2c(Cl)cc(-c3ccnc(N4CCN(C)CC4)c3)cc2CNC(=O)[C@H](Cc2c[nH]c3ccccc23)N(C)C(=O)[C@H](CCCCN)NC1=O. The highest BCUT2D eigenvalue weighted by molar-refractivity contribution is 7.99. The largest absolute Gasteiger partial charge is 0.361 e. The zero-order chi connectivity index (χ0) is 46.6. The van der Waals surface area contributed by atoms with Crippen molar-refractivity contribution in [3.8, 4) is 11.1 Å². The minimum absolute atomic E-state index is 0.128. The lowest BCUT2D eigenvalue weighted by molar-refractivity contribution is -0.142. The van der Waals surface area contributed by atoms with Crippen LogP contribution in [0.15, 0.2) is 89.2 Å². The van der Waals surface area contributed by atoms with Gasteiger partial charge in [0.05, 0.1) is 11.1 Å². The van der Waals surface area contributed by atoms with Gasteiger partial charge in [-0.3, -0.25) is 14.4 Å². The molecule has 352 valence electrons. The molecular formula is C50H66ClN11O3S. The number of para-hydroxylation sites is 1. The third kappa shape index (κ3) is 12.3. The molecule has 5 heterocycles. The fourth-order valence-electron chi connectivity index (χ4n) is 8.87. The van der Waals surface area contributed by atoms with Crippen LogP contribution in [-0.2, 0) is 33.9 Å². The molecule has 0 saturated carbocycles. The summed E-state index contributed by atoms with van der Waals surface area (Å²) in [6, 6.07) is 17.6. The molecule has 2 aromatic carbocycles. The molecule has 7 rings (SSSR count). The number of carbonyl (C=O) groups excluding carboxylic acids is 3. The lowest BCUT2D eigenvalue weighted by atomic mass is 10.0. The predicted octanol–water partition coefficient (Wildman–Crippen LogP) is 6.07. The second-order valence-corrected chi connectivity index (χ2v) is 18.8. The lowest BCUT2D eigenvalue weighted by Gasteiger charge is -2.33. The second-order valence-electron chi connectivity index (χ2n) is 17.4. The number of halogens is 1. The molecule has 0 unspecified atom stereocenters. The number of benzene rings is 2. The summed E-state index contributed by atoms with van der Waals surface area (Å²) in [7, 11) is 3.80. The van der Waals surface area contributed by atoms with E-state index in [-0.39, 0.29) is 30.7 Å². The summed E-state index contributed by atoms with van der Waals surface area (Å²) in [5.74, 6) is -0.0275. The highest BCUT2D eigenvalue weighted by atomic mass is 35.5. The average molecular weight is 937 g/mol. The number of H-pyrrole nitrogens is 1. The number of likely N-dealkylation sites (N-methyl/N-ethyl adjacent to an activating group) is 2. The Bertz CT molecular complexity index is 2420. The van der Waals surface area contributed by atoms with Crippen molar-refractivity contribution in [3.63, 3.8) is 0 Å². The Kier molecular flexibility index (Phi) is 17.5. The number of fused-ring (bicyclic) bond motifs is 3. The van der Waals surface area contributed by atoms with Gasteiger partial charge < -0.3 is 46.3 Å². The van der Waals surface area contributed by atoms with Crippen LogP contribution in [0.4, 0.5) is 5.82 Å². The Hall–Kier alpha value is -5.03. The van der Waals surface area contributed by atoms with E-state index in [9.17, 15) is 14.4 Å². The van der Waals surface area contributed by atoms with E-state index in [0.717, 1.165) is 107 Å². The smallest absolute Gasteiger partial charge is 0.245 e. The van der Waals surface area contributed by atoms with Crippen LogP contribution in [-0.4, -0.2) is 132 Å². The zero-order valence-corrected chi connectivity index (χ0v) is 40.4. The lowest BCUT2D eigenvalue weighted by Crippen LogP contribution is -2.57. The second kappa shape index (κ2) is 23.6. The minimum atomic E-state index is -0.923. The third-order valence-electron chi connectivity index (χ3n) is 13.0. The number of pyridine rings is 2. The number of hydrogen-bond acceptors (Lipinski definition) is 11. The summed E-state index contributed by atoms with van der Waals surface area (Å²) in [5.41, 5.74) is 11.3. The monoisotopic (exact) mass is 935 g/mol. The maximum atomic E-state index is 14.9. The molecule has 3 atom stereocenters. The van der Waals surface area contributed by atoms with E-state index in [1.165, 1.54) is 16.7 Å². The Balaban J connectivity index is 1.29. The zero-order valence-electron chi connectivity index (χ0n) is 38.8. The molecule has 3 aromatic heterocycles. The minimum Gasteiger partial charge on any atom is -0.361 e. The number of hydrogen-bond donors (Lipinski definition) is 5. The van der Waals surface area contributed by atoms with E-state index in [1.54, 1.807) is 13.2 Å². The molecule has 2 aliphatic rings. The fourth-order valence-corrected chi connectivity index (χ4v) is 10.2. The highest BCUT2D eigenvalue weighted by Gasteiger charge is 2.34. The molecule has 16 heteroatoms. The van der Waals surface area contributed by atoms with E-state index in [2.05, 4.69) is 68.7 Å². The normalized spacial score (nSPS) is 19.4. The summed E-state index contributed by atoms with van der Waals surface area (Å²) in [4.78, 5) is 66.4. The topological polar surface area (TPSA) is 168 Å². The van der Waals surface area contributed by atoms with Crippen LogP contribution in [0.3, 0.4) is 0 Å². The van der Waals surface area contributed by atoms with Gasteiger partial charge in [-0.05, 0) is 130 Å². The predicted molar refractivity (Wildman–Crippen MR) is 266 cm³/mol. The average Bonchev–Trinajstić information content (AvgIpc) is 3.75. The number of anilines is 1. The van der Waals surface area contributed by atoms with E-state index in [1.807, 2.05) is 60.9 Å². The first kappa shape index (κ1) is 48.9. The number of aromatic amines is 1.